The van der Waals surface area contributed by atoms with Crippen LogP contribution < -0.4 is 4.74 Å². The van der Waals surface area contributed by atoms with Crippen LogP contribution in [0.25, 0.3) is 11.5 Å². The van der Waals surface area contributed by atoms with Crippen molar-refractivity contribution in [3.8, 4) is 17.2 Å². The highest BCUT2D eigenvalue weighted by Crippen LogP contribution is 2.31. The topological polar surface area (TPSA) is 65.2 Å². The van der Waals surface area contributed by atoms with E-state index in [0.717, 1.165) is 22.4 Å². The molecule has 0 fully saturated rings. The summed E-state index contributed by atoms with van der Waals surface area (Å²) in [5.74, 6) is 1.95. The minimum absolute atomic E-state index is 0.0724. The second-order valence-corrected chi connectivity index (χ2v) is 9.17. The molecule has 6 heteroatoms. The van der Waals surface area contributed by atoms with Crippen LogP contribution in [0, 0.1) is 0 Å². The minimum Gasteiger partial charge on any atom is -0.497 e. The third-order valence-electron chi connectivity index (χ3n) is 5.02. The molecule has 0 amide bonds. The van der Waals surface area contributed by atoms with E-state index in [4.69, 9.17) is 9.15 Å². The van der Waals surface area contributed by atoms with Crippen LogP contribution in [-0.4, -0.2) is 28.3 Å². The molecule has 2 aromatic carbocycles. The van der Waals surface area contributed by atoms with Crippen LogP contribution in [-0.2, 0) is 0 Å². The van der Waals surface area contributed by atoms with Crippen molar-refractivity contribution in [1.82, 2.24) is 10.2 Å². The smallest absolute Gasteiger partial charge is 0.277 e. The second-order valence-electron chi connectivity index (χ2n) is 7.88. The van der Waals surface area contributed by atoms with Gasteiger partial charge in [-0.1, -0.05) is 57.7 Å². The van der Waals surface area contributed by atoms with Crippen molar-refractivity contribution in [3.63, 3.8) is 0 Å². The number of Topliss-reactive ketones (excluding diaryl/α,β-unsaturated/α-hetero) is 1. The fraction of sp³-hybridized carbons (Fsp3) is 0.375. The van der Waals surface area contributed by atoms with Crippen molar-refractivity contribution in [2.75, 3.05) is 7.11 Å². The first-order chi connectivity index (χ1) is 14.3. The highest BCUT2D eigenvalue weighted by atomic mass is 32.2. The Morgan fingerprint density at radius 1 is 0.967 bits per heavy atom. The van der Waals surface area contributed by atoms with Crippen molar-refractivity contribution < 1.29 is 13.9 Å². The van der Waals surface area contributed by atoms with Crippen LogP contribution in [0.1, 0.15) is 67.9 Å². The lowest BCUT2D eigenvalue weighted by molar-refractivity contribution is 0.0992. The summed E-state index contributed by atoms with van der Waals surface area (Å²) in [5.41, 5.74) is 3.91. The zero-order valence-corrected chi connectivity index (χ0v) is 19.1. The van der Waals surface area contributed by atoms with Gasteiger partial charge in [-0.05, 0) is 54.2 Å². The van der Waals surface area contributed by atoms with E-state index in [9.17, 15) is 4.79 Å². The van der Waals surface area contributed by atoms with Crippen molar-refractivity contribution in [2.45, 2.75) is 56.9 Å². The summed E-state index contributed by atoms with van der Waals surface area (Å²) in [6, 6.07) is 13.6. The van der Waals surface area contributed by atoms with E-state index in [1.54, 1.807) is 7.11 Å². The Hall–Kier alpha value is -2.60. The van der Waals surface area contributed by atoms with Gasteiger partial charge in [0.15, 0.2) is 5.78 Å². The van der Waals surface area contributed by atoms with Crippen molar-refractivity contribution in [2.24, 2.45) is 0 Å². The number of benzene rings is 2. The fourth-order valence-corrected chi connectivity index (χ4v) is 3.93. The molecular formula is C24H28N2O3S. The second kappa shape index (κ2) is 9.47. The number of thioether (sulfide) groups is 1. The lowest BCUT2D eigenvalue weighted by Gasteiger charge is -2.17. The first-order valence-corrected chi connectivity index (χ1v) is 11.0. The van der Waals surface area contributed by atoms with Gasteiger partial charge in [-0.2, -0.15) is 0 Å². The van der Waals surface area contributed by atoms with E-state index in [2.05, 4.69) is 50.0 Å². The van der Waals surface area contributed by atoms with E-state index >= 15 is 0 Å². The third kappa shape index (κ3) is 4.93. The van der Waals surface area contributed by atoms with Gasteiger partial charge < -0.3 is 9.15 Å². The predicted molar refractivity (Wildman–Crippen MR) is 121 cm³/mol. The zero-order chi connectivity index (χ0) is 21.8. The van der Waals surface area contributed by atoms with E-state index in [1.165, 1.54) is 17.3 Å². The Morgan fingerprint density at radius 2 is 1.67 bits per heavy atom. The van der Waals surface area contributed by atoms with Crippen molar-refractivity contribution in [1.29, 1.82) is 0 Å². The molecule has 1 heterocycles. The molecule has 3 aromatic rings. The molecule has 0 saturated heterocycles. The summed E-state index contributed by atoms with van der Waals surface area (Å²) in [6.45, 7) is 10.4. The van der Waals surface area contributed by atoms with Gasteiger partial charge in [0.05, 0.1) is 12.4 Å². The van der Waals surface area contributed by atoms with Gasteiger partial charge in [0.2, 0.25) is 5.89 Å². The average Bonchev–Trinajstić information content (AvgIpc) is 3.21. The summed E-state index contributed by atoms with van der Waals surface area (Å²) in [5, 5.41) is 8.27. The molecule has 1 aromatic heterocycles. The number of carbonyl (C=O) groups excluding carboxylic acids is 1. The van der Waals surface area contributed by atoms with Gasteiger partial charge in [0.1, 0.15) is 5.75 Å². The number of hydrogen-bond donors (Lipinski definition) is 0. The van der Waals surface area contributed by atoms with E-state index in [1.807, 2.05) is 37.3 Å². The highest BCUT2D eigenvalue weighted by Gasteiger charge is 2.23. The van der Waals surface area contributed by atoms with E-state index < -0.39 is 0 Å². The van der Waals surface area contributed by atoms with Gasteiger partial charge in [-0.25, -0.2) is 0 Å². The predicted octanol–water partition coefficient (Wildman–Crippen LogP) is 6.36. The highest BCUT2D eigenvalue weighted by molar-refractivity contribution is 8.00. The first kappa shape index (κ1) is 22.1. The molecule has 158 valence electrons. The summed E-state index contributed by atoms with van der Waals surface area (Å²) in [4.78, 5) is 13.2. The molecule has 0 N–H and O–H groups in total. The molecule has 0 aliphatic heterocycles. The number of methoxy groups -OCH3 is 1. The van der Waals surface area contributed by atoms with E-state index in [-0.39, 0.29) is 17.0 Å². The number of aromatic nitrogens is 2. The van der Waals surface area contributed by atoms with Crippen LogP contribution in [0.4, 0.5) is 0 Å². The normalized spacial score (nSPS) is 12.4. The Labute approximate surface area is 182 Å². The molecule has 0 spiro atoms. The van der Waals surface area contributed by atoms with Gasteiger partial charge in [-0.15, -0.1) is 10.2 Å². The summed E-state index contributed by atoms with van der Waals surface area (Å²) in [6.07, 6.45) is 0. The van der Waals surface area contributed by atoms with Gasteiger partial charge >= 0.3 is 0 Å². The van der Waals surface area contributed by atoms with Crippen LogP contribution in [0.5, 0.6) is 5.75 Å². The zero-order valence-electron chi connectivity index (χ0n) is 18.3. The molecule has 0 bridgehead atoms. The molecule has 1 atom stereocenters. The SMILES string of the molecule is COc1ccc(-c2nnc(S[C@H](C)C(=O)c3ccc(C(C)C)cc3C(C)C)o2)cc1. The molecule has 0 unspecified atom stereocenters. The van der Waals surface area contributed by atoms with E-state index in [0.29, 0.717) is 17.0 Å². The molecule has 0 aliphatic rings. The van der Waals surface area contributed by atoms with Crippen LogP contribution in [0.3, 0.4) is 0 Å². The average molecular weight is 425 g/mol. The number of rotatable bonds is 8. The van der Waals surface area contributed by atoms with Crippen molar-refractivity contribution in [3.05, 3.63) is 59.2 Å². The van der Waals surface area contributed by atoms with Crippen LogP contribution >= 0.6 is 11.8 Å². The Kier molecular flexibility index (Phi) is 6.98. The summed E-state index contributed by atoms with van der Waals surface area (Å²) < 4.78 is 10.9. The fourth-order valence-electron chi connectivity index (χ4n) is 3.17. The maximum Gasteiger partial charge on any atom is 0.277 e. The molecule has 30 heavy (non-hydrogen) atoms. The molecule has 5 nitrogen and oxygen atoms in total. The number of ketones is 1. The maximum absolute atomic E-state index is 13.2. The van der Waals surface area contributed by atoms with Crippen LogP contribution in [0.15, 0.2) is 52.1 Å². The number of nitrogens with zero attached hydrogens (tertiary/aromatic N) is 2. The third-order valence-corrected chi connectivity index (χ3v) is 5.95. The van der Waals surface area contributed by atoms with Gasteiger partial charge in [0, 0.05) is 11.1 Å². The Balaban J connectivity index is 1.77. The van der Waals surface area contributed by atoms with Crippen LogP contribution in [0.2, 0.25) is 0 Å². The molecule has 0 aliphatic carbocycles. The number of ether oxygens (including phenoxy) is 1. The summed E-state index contributed by atoms with van der Waals surface area (Å²) in [7, 11) is 1.62. The number of carbonyl (C=O) groups is 1. The first-order valence-electron chi connectivity index (χ1n) is 10.1. The van der Waals surface area contributed by atoms with Gasteiger partial charge in [-0.3, -0.25) is 4.79 Å². The lowest BCUT2D eigenvalue weighted by Crippen LogP contribution is -2.16. The maximum atomic E-state index is 13.2. The van der Waals surface area contributed by atoms with Gasteiger partial charge in [0.25, 0.3) is 5.22 Å². The molecular weight excluding hydrogens is 396 g/mol. The molecule has 0 radical (unpaired) electrons. The number of hydrogen-bond acceptors (Lipinski definition) is 6. The Morgan fingerprint density at radius 3 is 2.27 bits per heavy atom. The summed E-state index contributed by atoms with van der Waals surface area (Å²) >= 11 is 1.29. The minimum atomic E-state index is -0.337. The quantitative estimate of drug-likeness (QED) is 0.310. The molecule has 0 saturated carbocycles. The van der Waals surface area contributed by atoms with Crippen molar-refractivity contribution >= 4 is 17.5 Å². The molecule has 3 rings (SSSR count). The Bertz CT molecular complexity index is 1010. The standard InChI is InChI=1S/C24H28N2O3S/c1-14(2)18-9-12-20(21(13-18)15(3)4)22(27)16(5)30-24-26-25-23(29-24)17-7-10-19(28-6)11-8-17/h7-16H,1-6H3/t16-/m1/s1. The monoisotopic (exact) mass is 424 g/mol. The lowest BCUT2D eigenvalue weighted by atomic mass is 9.89. The largest absolute Gasteiger partial charge is 0.497 e.